The number of anilines is 1. The first-order chi connectivity index (χ1) is 21.1. The number of likely N-dealkylation sites (tertiary alicyclic amines) is 1. The number of nitrogens with zero attached hydrogens (tertiary/aromatic N) is 5. The Hall–Kier alpha value is -4.42. The number of pyridine rings is 1. The molecule has 2 fully saturated rings. The lowest BCUT2D eigenvalue weighted by Gasteiger charge is -2.43. The maximum Gasteiger partial charge on any atom is 0.413 e. The van der Waals surface area contributed by atoms with Crippen LogP contribution in [0.2, 0.25) is 0 Å². The molecule has 4 aromatic rings. The number of amides is 2. The molecule has 1 aliphatic carbocycles. The third-order valence-electron chi connectivity index (χ3n) is 10.1. The van der Waals surface area contributed by atoms with Crippen molar-refractivity contribution in [3.05, 3.63) is 70.6 Å². The van der Waals surface area contributed by atoms with Gasteiger partial charge in [-0.1, -0.05) is 6.07 Å². The van der Waals surface area contributed by atoms with Crippen molar-refractivity contribution in [2.24, 2.45) is 0 Å². The number of hydrogen-bond donors (Lipinski definition) is 2. The fraction of sp³-hybridized carbons (Fsp3) is 0.452. The van der Waals surface area contributed by atoms with Gasteiger partial charge in [-0.3, -0.25) is 15.2 Å². The minimum absolute atomic E-state index is 0.0291. The topological polar surface area (TPSA) is 118 Å². The van der Waals surface area contributed by atoms with Crippen molar-refractivity contribution in [1.82, 2.24) is 29.6 Å². The molecule has 0 radical (unpaired) electrons. The van der Waals surface area contributed by atoms with Gasteiger partial charge in [0.15, 0.2) is 0 Å². The monoisotopic (exact) mass is 605 g/mol. The normalized spacial score (nSPS) is 21.6. The van der Waals surface area contributed by atoms with Crippen LogP contribution in [0.3, 0.4) is 0 Å². The summed E-state index contributed by atoms with van der Waals surface area (Å²) in [6.07, 6.45) is 1.22. The number of aromatic amines is 1. The summed E-state index contributed by atoms with van der Waals surface area (Å²) in [5, 5.41) is 10.8. The highest BCUT2D eigenvalue weighted by Crippen LogP contribution is 2.59. The first kappa shape index (κ1) is 27.2. The van der Waals surface area contributed by atoms with Gasteiger partial charge in [0.25, 0.3) is 0 Å². The quantitative estimate of drug-likeness (QED) is 0.331. The Morgan fingerprint density at radius 2 is 1.95 bits per heavy atom. The number of aryl methyl sites for hydroxylation is 1. The number of benzene rings is 1. The first-order valence-corrected chi connectivity index (χ1v) is 14.9. The summed E-state index contributed by atoms with van der Waals surface area (Å²) in [5.41, 5.74) is 1.94. The third kappa shape index (κ3) is 3.97. The molecule has 10 nitrogen and oxygen atoms in total. The van der Waals surface area contributed by atoms with Crippen molar-refractivity contribution in [2.75, 3.05) is 18.4 Å². The lowest BCUT2D eigenvalue weighted by Crippen LogP contribution is -2.50. The molecule has 44 heavy (non-hydrogen) atoms. The van der Waals surface area contributed by atoms with Crippen molar-refractivity contribution in [3.63, 3.8) is 0 Å². The molecule has 2 amide bonds. The van der Waals surface area contributed by atoms with Gasteiger partial charge in [0.05, 0.1) is 24.0 Å². The second-order valence-electron chi connectivity index (χ2n) is 12.6. The number of H-pyrrole nitrogens is 1. The second-order valence-corrected chi connectivity index (χ2v) is 12.6. The van der Waals surface area contributed by atoms with Gasteiger partial charge in [0, 0.05) is 61.6 Å². The Kier molecular flexibility index (Phi) is 5.73. The van der Waals surface area contributed by atoms with Gasteiger partial charge in [-0.05, 0) is 55.0 Å². The number of ether oxygens (including phenoxy) is 1. The van der Waals surface area contributed by atoms with Crippen LogP contribution in [0.1, 0.15) is 71.8 Å². The van der Waals surface area contributed by atoms with Gasteiger partial charge < -0.3 is 14.2 Å². The van der Waals surface area contributed by atoms with Crippen molar-refractivity contribution in [2.45, 2.75) is 75.1 Å². The number of carbonyl (C=O) groups is 2. The van der Waals surface area contributed by atoms with Crippen LogP contribution in [0, 0.1) is 6.92 Å². The van der Waals surface area contributed by atoms with Crippen molar-refractivity contribution < 1.29 is 27.5 Å². The van der Waals surface area contributed by atoms with E-state index in [-0.39, 0.29) is 37.4 Å². The van der Waals surface area contributed by atoms with Gasteiger partial charge in [-0.25, -0.2) is 14.8 Å². The number of rotatable bonds is 3. The summed E-state index contributed by atoms with van der Waals surface area (Å²) in [5.74, 6) is 0.463. The average molecular weight is 606 g/mol. The van der Waals surface area contributed by atoms with Crippen LogP contribution in [0.15, 0.2) is 36.8 Å². The summed E-state index contributed by atoms with van der Waals surface area (Å²) < 4.78 is 50.5. The van der Waals surface area contributed by atoms with E-state index < -0.39 is 29.2 Å². The molecular formula is C31H30F3N7O3. The Morgan fingerprint density at radius 1 is 1.16 bits per heavy atom. The molecule has 8 rings (SSSR count). The highest BCUT2D eigenvalue weighted by atomic mass is 19.4. The molecule has 1 aromatic carbocycles. The van der Waals surface area contributed by atoms with Gasteiger partial charge in [-0.15, -0.1) is 0 Å². The second kappa shape index (κ2) is 9.29. The lowest BCUT2D eigenvalue weighted by atomic mass is 9.83. The van der Waals surface area contributed by atoms with Crippen molar-refractivity contribution >= 4 is 28.7 Å². The summed E-state index contributed by atoms with van der Waals surface area (Å²) in [4.78, 5) is 36.8. The van der Waals surface area contributed by atoms with Crippen LogP contribution < -0.4 is 5.32 Å². The highest BCUT2D eigenvalue weighted by Gasteiger charge is 2.66. The number of alkyl halides is 3. The van der Waals surface area contributed by atoms with E-state index >= 15 is 0 Å². The molecule has 4 aliphatic rings. The van der Waals surface area contributed by atoms with E-state index in [1.165, 1.54) is 6.20 Å². The molecule has 228 valence electrons. The molecule has 2 N–H and O–H groups in total. The molecule has 1 saturated heterocycles. The molecular weight excluding hydrogens is 575 g/mol. The third-order valence-corrected chi connectivity index (χ3v) is 10.1. The largest absolute Gasteiger partial charge is 0.437 e. The molecule has 13 heteroatoms. The van der Waals surface area contributed by atoms with E-state index in [0.29, 0.717) is 44.0 Å². The van der Waals surface area contributed by atoms with E-state index in [1.807, 2.05) is 13.0 Å². The Balaban J connectivity index is 1.11. The molecule has 0 bridgehead atoms. The zero-order chi connectivity index (χ0) is 30.4. The number of piperidine rings is 1. The fourth-order valence-electron chi connectivity index (χ4n) is 7.59. The Labute approximate surface area is 250 Å². The number of imidazole rings is 1. The van der Waals surface area contributed by atoms with E-state index in [1.54, 1.807) is 27.9 Å². The van der Waals surface area contributed by atoms with E-state index in [0.717, 1.165) is 33.2 Å². The lowest BCUT2D eigenvalue weighted by molar-refractivity contribution is -0.162. The van der Waals surface area contributed by atoms with Crippen LogP contribution in [-0.2, 0) is 33.5 Å². The minimum atomic E-state index is -4.39. The molecule has 0 unspecified atom stereocenters. The standard InChI is InChI=1S/C31H30F3N7O3/c1-17-11-18-12-19(13-24(42)40-9-6-30(7-10-40)22-3-2-8-35-26(22)38-28(43)44-30)27-36-15-23(29(4-5-29)31(32,33)34)41(27)16-21(18)20-14-37-39-25(17)20/h2-3,8,11,14-15,19H,4-7,9-10,12-13,16H2,1H3,(H,37,39)(H,35,38,43)/t19-/m0/s1. The molecule has 6 heterocycles. The predicted molar refractivity (Wildman–Crippen MR) is 152 cm³/mol. The number of halogens is 3. The number of hydrogen-bond acceptors (Lipinski definition) is 6. The summed E-state index contributed by atoms with van der Waals surface area (Å²) in [7, 11) is 0. The summed E-state index contributed by atoms with van der Waals surface area (Å²) in [6, 6.07) is 5.73. The van der Waals surface area contributed by atoms with Gasteiger partial charge in [0.1, 0.15) is 22.7 Å². The molecule has 1 saturated carbocycles. The van der Waals surface area contributed by atoms with Gasteiger partial charge in [-0.2, -0.15) is 18.3 Å². The zero-order valence-corrected chi connectivity index (χ0v) is 24.0. The SMILES string of the molecule is Cc1cc2c(c3cn[nH]c13)Cn1c(C3(C(F)(F)F)CC3)cnc1[C@H](CC(=O)N1CCC3(CC1)OC(=O)Nc1ncccc13)C2. The molecule has 1 spiro atoms. The highest BCUT2D eigenvalue weighted by molar-refractivity contribution is 5.88. The number of carbonyl (C=O) groups excluding carboxylic acids is 2. The summed E-state index contributed by atoms with van der Waals surface area (Å²) in [6.45, 7) is 2.95. The van der Waals surface area contributed by atoms with Crippen LogP contribution in [-0.4, -0.2) is 60.9 Å². The van der Waals surface area contributed by atoms with Crippen molar-refractivity contribution in [3.8, 4) is 0 Å². The summed E-state index contributed by atoms with van der Waals surface area (Å²) >= 11 is 0. The molecule has 1 atom stereocenters. The molecule has 3 aromatic heterocycles. The molecule has 3 aliphatic heterocycles. The maximum atomic E-state index is 14.3. The number of aromatic nitrogens is 5. The smallest absolute Gasteiger partial charge is 0.413 e. The van der Waals surface area contributed by atoms with Crippen LogP contribution in [0.4, 0.5) is 23.8 Å². The van der Waals surface area contributed by atoms with Crippen LogP contribution in [0.5, 0.6) is 0 Å². The average Bonchev–Trinajstić information content (AvgIpc) is 3.52. The minimum Gasteiger partial charge on any atom is -0.437 e. The Morgan fingerprint density at radius 3 is 2.70 bits per heavy atom. The van der Waals surface area contributed by atoms with E-state index in [2.05, 4.69) is 31.5 Å². The number of fused-ring (bicyclic) bond motifs is 6. The first-order valence-electron chi connectivity index (χ1n) is 14.9. The van der Waals surface area contributed by atoms with Crippen molar-refractivity contribution in [1.29, 1.82) is 0 Å². The maximum absolute atomic E-state index is 14.3. The Bertz CT molecular complexity index is 1830. The van der Waals surface area contributed by atoms with E-state index in [9.17, 15) is 22.8 Å². The van der Waals surface area contributed by atoms with E-state index in [4.69, 9.17) is 4.74 Å². The van der Waals surface area contributed by atoms with Gasteiger partial charge >= 0.3 is 12.3 Å². The van der Waals surface area contributed by atoms with Crippen LogP contribution in [0.25, 0.3) is 10.9 Å². The van der Waals surface area contributed by atoms with Gasteiger partial charge in [0.2, 0.25) is 5.91 Å². The fourth-order valence-corrected chi connectivity index (χ4v) is 7.59. The zero-order valence-electron chi connectivity index (χ0n) is 24.0. The van der Waals surface area contributed by atoms with Crippen LogP contribution >= 0.6 is 0 Å². The predicted octanol–water partition coefficient (Wildman–Crippen LogP) is 5.21. The number of nitrogens with one attached hydrogen (secondary N) is 2.